The third-order valence-electron chi connectivity index (χ3n) is 2.30. The van der Waals surface area contributed by atoms with Gasteiger partial charge in [0.15, 0.2) is 5.69 Å². The lowest BCUT2D eigenvalue weighted by molar-refractivity contribution is 0.0689. The number of hydrogen-bond donors (Lipinski definition) is 2. The average Bonchev–Trinajstić information content (AvgIpc) is 2.38. The van der Waals surface area contributed by atoms with Crippen molar-refractivity contribution in [2.75, 3.05) is 25.1 Å². The summed E-state index contributed by atoms with van der Waals surface area (Å²) in [5.74, 6) is -0.494. The molecule has 18 heavy (non-hydrogen) atoms. The molecule has 1 rings (SSSR count). The predicted octanol–water partition coefficient (Wildman–Crippen LogP) is 1.79. The second-order valence-electron chi connectivity index (χ2n) is 3.86. The molecule has 0 aliphatic carbocycles. The molecule has 1 aromatic rings. The number of aromatic nitrogens is 2. The van der Waals surface area contributed by atoms with Crippen LogP contribution in [0.4, 0.5) is 5.82 Å². The minimum atomic E-state index is -1.07. The molecule has 1 aromatic heterocycles. The van der Waals surface area contributed by atoms with Crippen molar-refractivity contribution in [3.05, 3.63) is 17.8 Å². The number of nitrogens with one attached hydrogen (secondary N) is 1. The second-order valence-corrected chi connectivity index (χ2v) is 3.86. The van der Waals surface area contributed by atoms with Crippen molar-refractivity contribution in [3.8, 4) is 0 Å². The zero-order chi connectivity index (χ0) is 13.2. The van der Waals surface area contributed by atoms with Crippen LogP contribution in [0.2, 0.25) is 0 Å². The van der Waals surface area contributed by atoms with Crippen molar-refractivity contribution in [2.24, 2.45) is 0 Å². The SMILES string of the molecule is CCCCOCCCNc1ccc(C(=O)O)nn1. The quantitative estimate of drug-likeness (QED) is 0.653. The molecule has 6 heteroatoms. The van der Waals surface area contributed by atoms with E-state index >= 15 is 0 Å². The van der Waals surface area contributed by atoms with Gasteiger partial charge < -0.3 is 15.2 Å². The maximum absolute atomic E-state index is 10.6. The maximum Gasteiger partial charge on any atom is 0.356 e. The summed E-state index contributed by atoms with van der Waals surface area (Å²) in [6.45, 7) is 4.38. The fourth-order valence-electron chi connectivity index (χ4n) is 1.28. The first-order valence-electron chi connectivity index (χ1n) is 6.12. The molecular formula is C12H19N3O3. The molecule has 1 heterocycles. The fraction of sp³-hybridized carbons (Fsp3) is 0.583. The Balaban J connectivity index is 2.14. The lowest BCUT2D eigenvalue weighted by Gasteiger charge is -2.05. The van der Waals surface area contributed by atoms with E-state index in [9.17, 15) is 4.79 Å². The number of anilines is 1. The van der Waals surface area contributed by atoms with Gasteiger partial charge in [-0.1, -0.05) is 13.3 Å². The van der Waals surface area contributed by atoms with Crippen molar-refractivity contribution in [3.63, 3.8) is 0 Å². The van der Waals surface area contributed by atoms with Crippen molar-refractivity contribution in [2.45, 2.75) is 26.2 Å². The summed E-state index contributed by atoms with van der Waals surface area (Å²) in [7, 11) is 0. The van der Waals surface area contributed by atoms with Gasteiger partial charge in [-0.2, -0.15) is 0 Å². The number of nitrogens with zero attached hydrogens (tertiary/aromatic N) is 2. The number of hydrogen-bond acceptors (Lipinski definition) is 5. The van der Waals surface area contributed by atoms with Gasteiger partial charge in [0.1, 0.15) is 5.82 Å². The van der Waals surface area contributed by atoms with Gasteiger partial charge in [-0.25, -0.2) is 4.79 Å². The Hall–Kier alpha value is -1.69. The minimum absolute atomic E-state index is 0.0524. The molecule has 0 amide bonds. The zero-order valence-electron chi connectivity index (χ0n) is 10.6. The van der Waals surface area contributed by atoms with Crippen molar-refractivity contribution in [1.29, 1.82) is 0 Å². The number of aromatic carboxylic acids is 1. The van der Waals surface area contributed by atoms with E-state index in [0.29, 0.717) is 12.4 Å². The Labute approximate surface area is 106 Å². The van der Waals surface area contributed by atoms with E-state index in [2.05, 4.69) is 22.4 Å². The molecule has 0 unspecified atom stereocenters. The third-order valence-corrected chi connectivity index (χ3v) is 2.30. The van der Waals surface area contributed by atoms with Gasteiger partial charge in [-0.15, -0.1) is 10.2 Å². The van der Waals surface area contributed by atoms with Crippen LogP contribution in [0.25, 0.3) is 0 Å². The van der Waals surface area contributed by atoms with Crippen LogP contribution in [-0.2, 0) is 4.74 Å². The first-order chi connectivity index (χ1) is 8.74. The van der Waals surface area contributed by atoms with Crippen LogP contribution < -0.4 is 5.32 Å². The first kappa shape index (κ1) is 14.4. The summed E-state index contributed by atoms with van der Waals surface area (Å²) in [6, 6.07) is 3.03. The number of ether oxygens (including phenoxy) is 1. The second kappa shape index (κ2) is 8.41. The largest absolute Gasteiger partial charge is 0.476 e. The van der Waals surface area contributed by atoms with Crippen molar-refractivity contribution in [1.82, 2.24) is 10.2 Å². The summed E-state index contributed by atoms with van der Waals surface area (Å²) >= 11 is 0. The van der Waals surface area contributed by atoms with Gasteiger partial charge >= 0.3 is 5.97 Å². The molecule has 0 aliphatic rings. The van der Waals surface area contributed by atoms with Crippen LogP contribution in [-0.4, -0.2) is 41.0 Å². The van der Waals surface area contributed by atoms with E-state index in [-0.39, 0.29) is 5.69 Å². The standard InChI is InChI=1S/C12H19N3O3/c1-2-3-8-18-9-4-7-13-11-6-5-10(12(16)17)14-15-11/h5-6H,2-4,7-9H2,1H3,(H,13,15)(H,16,17). The third kappa shape index (κ3) is 5.58. The van der Waals surface area contributed by atoms with Crippen LogP contribution in [0.15, 0.2) is 12.1 Å². The molecule has 0 spiro atoms. The van der Waals surface area contributed by atoms with Crippen LogP contribution >= 0.6 is 0 Å². The van der Waals surface area contributed by atoms with Crippen molar-refractivity contribution >= 4 is 11.8 Å². The number of carboxylic acid groups (broad SMARTS) is 1. The van der Waals surface area contributed by atoms with Crippen LogP contribution in [0.3, 0.4) is 0 Å². The van der Waals surface area contributed by atoms with Gasteiger partial charge in [-0.3, -0.25) is 0 Å². The highest BCUT2D eigenvalue weighted by Gasteiger charge is 2.04. The number of carbonyl (C=O) groups is 1. The van der Waals surface area contributed by atoms with E-state index in [1.54, 1.807) is 6.07 Å². The summed E-state index contributed by atoms with van der Waals surface area (Å²) in [6.07, 6.45) is 3.12. The molecule has 0 atom stereocenters. The predicted molar refractivity (Wildman–Crippen MR) is 67.8 cm³/mol. The number of unbranched alkanes of at least 4 members (excludes halogenated alkanes) is 1. The van der Waals surface area contributed by atoms with E-state index in [1.165, 1.54) is 6.07 Å². The Kier molecular flexibility index (Phi) is 6.71. The topological polar surface area (TPSA) is 84.3 Å². The van der Waals surface area contributed by atoms with Gasteiger partial charge in [0.25, 0.3) is 0 Å². The zero-order valence-corrected chi connectivity index (χ0v) is 10.6. The van der Waals surface area contributed by atoms with Gasteiger partial charge in [0, 0.05) is 19.8 Å². The van der Waals surface area contributed by atoms with Crippen molar-refractivity contribution < 1.29 is 14.6 Å². The number of rotatable bonds is 9. The average molecular weight is 253 g/mol. The van der Waals surface area contributed by atoms with Crippen LogP contribution in [0, 0.1) is 0 Å². The Morgan fingerprint density at radius 1 is 1.33 bits per heavy atom. The molecule has 0 saturated heterocycles. The highest BCUT2D eigenvalue weighted by atomic mass is 16.5. The molecule has 0 aliphatic heterocycles. The Morgan fingerprint density at radius 2 is 2.11 bits per heavy atom. The molecule has 100 valence electrons. The van der Waals surface area contributed by atoms with E-state index < -0.39 is 5.97 Å². The molecule has 6 nitrogen and oxygen atoms in total. The normalized spacial score (nSPS) is 10.3. The fourth-order valence-corrected chi connectivity index (χ4v) is 1.28. The van der Waals surface area contributed by atoms with Crippen LogP contribution in [0.1, 0.15) is 36.7 Å². The summed E-state index contributed by atoms with van der Waals surface area (Å²) in [5, 5.41) is 19.0. The Morgan fingerprint density at radius 3 is 2.72 bits per heavy atom. The molecule has 0 bridgehead atoms. The highest BCUT2D eigenvalue weighted by molar-refractivity contribution is 5.85. The van der Waals surface area contributed by atoms with E-state index in [1.807, 2.05) is 0 Å². The molecule has 0 aromatic carbocycles. The Bertz CT molecular complexity index is 354. The molecule has 0 saturated carbocycles. The monoisotopic (exact) mass is 253 g/mol. The van der Waals surface area contributed by atoms with Gasteiger partial charge in [-0.05, 0) is 25.0 Å². The maximum atomic E-state index is 10.6. The highest BCUT2D eigenvalue weighted by Crippen LogP contribution is 2.02. The summed E-state index contributed by atoms with van der Waals surface area (Å²) in [4.78, 5) is 10.6. The van der Waals surface area contributed by atoms with Gasteiger partial charge in [0.05, 0.1) is 0 Å². The van der Waals surface area contributed by atoms with E-state index in [0.717, 1.165) is 32.4 Å². The summed E-state index contributed by atoms with van der Waals surface area (Å²) in [5.41, 5.74) is -0.0524. The van der Waals surface area contributed by atoms with E-state index in [4.69, 9.17) is 9.84 Å². The molecule has 2 N–H and O–H groups in total. The first-order valence-corrected chi connectivity index (χ1v) is 6.12. The molecule has 0 fully saturated rings. The van der Waals surface area contributed by atoms with Crippen LogP contribution in [0.5, 0.6) is 0 Å². The smallest absolute Gasteiger partial charge is 0.356 e. The lowest BCUT2D eigenvalue weighted by Crippen LogP contribution is -2.09. The summed E-state index contributed by atoms with van der Waals surface area (Å²) < 4.78 is 5.41. The molecule has 0 radical (unpaired) electrons. The van der Waals surface area contributed by atoms with Gasteiger partial charge in [0.2, 0.25) is 0 Å². The lowest BCUT2D eigenvalue weighted by atomic mass is 10.3. The minimum Gasteiger partial charge on any atom is -0.476 e. The number of carboxylic acids is 1. The molecular weight excluding hydrogens is 234 g/mol.